The van der Waals surface area contributed by atoms with Gasteiger partial charge in [0.2, 0.25) is 11.8 Å². The third-order valence-electron chi connectivity index (χ3n) is 6.03. The minimum atomic E-state index is -0.679. The summed E-state index contributed by atoms with van der Waals surface area (Å²) >= 11 is 0. The molecule has 5 heterocycles. The van der Waals surface area contributed by atoms with E-state index in [1.165, 1.54) is 12.4 Å². The Hall–Kier alpha value is -4.43. The summed E-state index contributed by atoms with van der Waals surface area (Å²) in [7, 11) is 5.30. The van der Waals surface area contributed by atoms with Crippen molar-refractivity contribution in [1.82, 2.24) is 40.0 Å². The van der Waals surface area contributed by atoms with Crippen molar-refractivity contribution in [1.29, 1.82) is 0 Å². The third-order valence-corrected chi connectivity index (χ3v) is 6.03. The molecule has 0 atom stereocenters. The molecule has 4 aromatic rings. The van der Waals surface area contributed by atoms with Gasteiger partial charge in [-0.15, -0.1) is 0 Å². The zero-order valence-electron chi connectivity index (χ0n) is 20.6. The number of ether oxygens (including phenoxy) is 2. The molecule has 1 aliphatic rings. The normalized spacial score (nSPS) is 13.6. The number of hydrogen-bond donors (Lipinski definition) is 2. The van der Waals surface area contributed by atoms with Crippen LogP contribution in [0.25, 0.3) is 22.6 Å². The minimum Gasteiger partial charge on any atom is -0.481 e. The molecular weight excluding hydrogens is 480 g/mol. The minimum absolute atomic E-state index is 0.147. The number of methoxy groups -OCH3 is 1. The second-order valence-electron chi connectivity index (χ2n) is 8.39. The first-order chi connectivity index (χ1) is 18.0. The Kier molecular flexibility index (Phi) is 6.74. The van der Waals surface area contributed by atoms with Gasteiger partial charge in [-0.05, 0) is 6.07 Å². The zero-order valence-corrected chi connectivity index (χ0v) is 20.6. The highest BCUT2D eigenvalue weighted by molar-refractivity contribution is 5.92. The van der Waals surface area contributed by atoms with E-state index in [2.05, 4.69) is 19.9 Å². The van der Waals surface area contributed by atoms with Crippen LogP contribution in [-0.2, 0) is 18.3 Å². The first-order valence-corrected chi connectivity index (χ1v) is 11.5. The Balaban J connectivity index is 1.52. The lowest BCUT2D eigenvalue weighted by Crippen LogP contribution is -2.37. The van der Waals surface area contributed by atoms with E-state index in [4.69, 9.17) is 29.6 Å². The van der Waals surface area contributed by atoms with Crippen molar-refractivity contribution in [2.75, 3.05) is 50.3 Å². The number of hydroxylamine groups is 1. The number of imidazole rings is 1. The number of aromatic nitrogens is 7. The van der Waals surface area contributed by atoms with E-state index in [0.717, 1.165) is 17.2 Å². The molecule has 1 amide bonds. The molecule has 2 N–H and O–H groups in total. The summed E-state index contributed by atoms with van der Waals surface area (Å²) < 4.78 is 12.6. The van der Waals surface area contributed by atoms with Crippen molar-refractivity contribution in [3.05, 3.63) is 42.1 Å². The van der Waals surface area contributed by atoms with Crippen LogP contribution < -0.4 is 20.0 Å². The fourth-order valence-electron chi connectivity index (χ4n) is 3.97. The summed E-state index contributed by atoms with van der Waals surface area (Å²) in [5.41, 5.74) is 3.84. The lowest BCUT2D eigenvalue weighted by Gasteiger charge is -2.28. The Bertz CT molecular complexity index is 1400. The molecule has 0 aliphatic carbocycles. The molecular formula is C23H26N10O4. The average molecular weight is 507 g/mol. The summed E-state index contributed by atoms with van der Waals surface area (Å²) in [6.07, 6.45) is 4.37. The van der Waals surface area contributed by atoms with Crippen molar-refractivity contribution in [3.63, 3.8) is 0 Å². The quantitative estimate of drug-likeness (QED) is 0.269. The van der Waals surface area contributed by atoms with Gasteiger partial charge in [0.05, 0.1) is 32.4 Å². The topological polar surface area (TPSA) is 157 Å². The number of carbonyl (C=O) groups excluding carboxylic acids is 1. The fourth-order valence-corrected chi connectivity index (χ4v) is 3.97. The highest BCUT2D eigenvalue weighted by Gasteiger charge is 2.23. The maximum Gasteiger partial charge on any atom is 0.277 e. The first-order valence-electron chi connectivity index (χ1n) is 11.5. The van der Waals surface area contributed by atoms with E-state index in [1.54, 1.807) is 29.8 Å². The number of amides is 1. The molecule has 4 aromatic heterocycles. The smallest absolute Gasteiger partial charge is 0.277 e. The lowest BCUT2D eigenvalue weighted by atomic mass is 10.2. The molecule has 14 heteroatoms. The number of rotatable bonds is 7. The number of nitrogens with one attached hydrogen (secondary N) is 1. The number of hydrogen-bond acceptors (Lipinski definition) is 12. The van der Waals surface area contributed by atoms with E-state index in [0.29, 0.717) is 61.7 Å². The van der Waals surface area contributed by atoms with Gasteiger partial charge in [-0.25, -0.2) is 35.4 Å². The van der Waals surface area contributed by atoms with E-state index in [9.17, 15) is 4.79 Å². The van der Waals surface area contributed by atoms with Crippen LogP contribution in [0.2, 0.25) is 0 Å². The molecule has 1 fully saturated rings. The van der Waals surface area contributed by atoms with Gasteiger partial charge in [0.25, 0.3) is 5.91 Å². The molecule has 0 radical (unpaired) electrons. The average Bonchev–Trinajstić information content (AvgIpc) is 3.27. The number of morpholine rings is 1. The summed E-state index contributed by atoms with van der Waals surface area (Å²) in [6.45, 7) is 2.98. The summed E-state index contributed by atoms with van der Waals surface area (Å²) in [5.74, 6) is 2.23. The fraction of sp³-hybridized carbons (Fsp3) is 0.348. The molecule has 0 bridgehead atoms. The molecule has 5 rings (SSSR count). The Morgan fingerprint density at radius 1 is 1.14 bits per heavy atom. The zero-order chi connectivity index (χ0) is 25.9. The monoisotopic (exact) mass is 506 g/mol. The standard InChI is InChI=1S/C23H26N10O4/c1-31(23-25-11-15(12-26-23)22(34)30-35)13-16-27-18-20(32(16)2)28-19(14-4-5-17(36-3)24-10-14)29-21(18)33-6-8-37-9-7-33/h4-5,10-12,35H,6-9,13H2,1-3H3,(H,30,34). The van der Waals surface area contributed by atoms with Crippen LogP contribution in [0.5, 0.6) is 5.88 Å². The van der Waals surface area contributed by atoms with Gasteiger partial charge in [0, 0.05) is 57.4 Å². The molecule has 0 aromatic carbocycles. The number of aryl methyl sites for hydroxylation is 1. The van der Waals surface area contributed by atoms with Crippen LogP contribution in [0.3, 0.4) is 0 Å². The number of carbonyl (C=O) groups is 1. The lowest BCUT2D eigenvalue weighted by molar-refractivity contribution is 0.0705. The Morgan fingerprint density at radius 2 is 1.89 bits per heavy atom. The van der Waals surface area contributed by atoms with Crippen LogP contribution in [0.1, 0.15) is 16.2 Å². The van der Waals surface area contributed by atoms with Crippen LogP contribution in [0.4, 0.5) is 11.8 Å². The molecule has 0 spiro atoms. The molecule has 1 aliphatic heterocycles. The summed E-state index contributed by atoms with van der Waals surface area (Å²) in [4.78, 5) is 42.9. The number of pyridine rings is 1. The SMILES string of the molecule is COc1ccc(-c2nc(N3CCOCC3)c3nc(CN(C)c4ncc(C(=O)NO)cn4)n(C)c3n2)cn1. The number of fused-ring (bicyclic) bond motifs is 1. The van der Waals surface area contributed by atoms with Crippen molar-refractivity contribution >= 4 is 28.8 Å². The summed E-state index contributed by atoms with van der Waals surface area (Å²) in [6, 6.07) is 3.65. The third kappa shape index (κ3) is 4.83. The van der Waals surface area contributed by atoms with Gasteiger partial charge in [-0.3, -0.25) is 10.0 Å². The van der Waals surface area contributed by atoms with Gasteiger partial charge in [-0.2, -0.15) is 0 Å². The maximum atomic E-state index is 11.6. The van der Waals surface area contributed by atoms with Gasteiger partial charge in [0.1, 0.15) is 5.82 Å². The molecule has 37 heavy (non-hydrogen) atoms. The van der Waals surface area contributed by atoms with Gasteiger partial charge < -0.3 is 23.8 Å². The van der Waals surface area contributed by atoms with E-state index in [-0.39, 0.29) is 5.56 Å². The second-order valence-corrected chi connectivity index (χ2v) is 8.39. The molecule has 0 unspecified atom stereocenters. The predicted molar refractivity (Wildman–Crippen MR) is 133 cm³/mol. The predicted octanol–water partition coefficient (Wildman–Crippen LogP) is 0.816. The van der Waals surface area contributed by atoms with Crippen LogP contribution in [-0.4, -0.2) is 86.0 Å². The summed E-state index contributed by atoms with van der Waals surface area (Å²) in [5, 5.41) is 8.79. The van der Waals surface area contributed by atoms with E-state index < -0.39 is 5.91 Å². The van der Waals surface area contributed by atoms with Gasteiger partial charge in [0.15, 0.2) is 22.8 Å². The Labute approximate surface area is 211 Å². The maximum absolute atomic E-state index is 11.6. The Morgan fingerprint density at radius 3 is 2.54 bits per heavy atom. The number of anilines is 2. The van der Waals surface area contributed by atoms with Crippen LogP contribution in [0, 0.1) is 0 Å². The van der Waals surface area contributed by atoms with Crippen molar-refractivity contribution in [2.24, 2.45) is 7.05 Å². The van der Waals surface area contributed by atoms with E-state index >= 15 is 0 Å². The van der Waals surface area contributed by atoms with Crippen molar-refractivity contribution in [2.45, 2.75) is 6.54 Å². The van der Waals surface area contributed by atoms with Gasteiger partial charge in [-0.1, -0.05) is 0 Å². The van der Waals surface area contributed by atoms with Crippen LogP contribution >= 0.6 is 0 Å². The molecule has 192 valence electrons. The van der Waals surface area contributed by atoms with Crippen molar-refractivity contribution < 1.29 is 19.5 Å². The van der Waals surface area contributed by atoms with Crippen molar-refractivity contribution in [3.8, 4) is 17.3 Å². The molecule has 14 nitrogen and oxygen atoms in total. The first kappa shape index (κ1) is 24.3. The largest absolute Gasteiger partial charge is 0.481 e. The molecule has 0 saturated carbocycles. The van der Waals surface area contributed by atoms with E-state index in [1.807, 2.05) is 24.7 Å². The van der Waals surface area contributed by atoms with Crippen LogP contribution in [0.15, 0.2) is 30.7 Å². The highest BCUT2D eigenvalue weighted by atomic mass is 16.5. The number of nitrogens with zero attached hydrogens (tertiary/aromatic N) is 9. The highest BCUT2D eigenvalue weighted by Crippen LogP contribution is 2.29. The van der Waals surface area contributed by atoms with Gasteiger partial charge >= 0.3 is 0 Å². The molecule has 1 saturated heterocycles. The second kappa shape index (κ2) is 10.3.